The minimum absolute atomic E-state index is 0.0145. The summed E-state index contributed by atoms with van der Waals surface area (Å²) in [5.74, 6) is 1.84. The maximum absolute atomic E-state index is 12.2. The summed E-state index contributed by atoms with van der Waals surface area (Å²) in [5, 5.41) is 0. The summed E-state index contributed by atoms with van der Waals surface area (Å²) in [5.41, 5.74) is 0.641. The van der Waals surface area contributed by atoms with Crippen LogP contribution in [0.15, 0.2) is 18.2 Å². The summed E-state index contributed by atoms with van der Waals surface area (Å²) < 4.78 is 10.9. The Bertz CT molecular complexity index is 443. The van der Waals surface area contributed by atoms with E-state index in [2.05, 4.69) is 13.8 Å². The Morgan fingerprint density at radius 2 is 1.94 bits per heavy atom. The van der Waals surface area contributed by atoms with Gasteiger partial charge < -0.3 is 14.4 Å². The van der Waals surface area contributed by atoms with Gasteiger partial charge in [0.1, 0.15) is 13.2 Å². The lowest BCUT2D eigenvalue weighted by atomic mass is 10.1. The van der Waals surface area contributed by atoms with Gasteiger partial charge in [-0.2, -0.15) is 0 Å². The fourth-order valence-corrected chi connectivity index (χ4v) is 2.03. The Hall–Kier alpha value is -1.71. The van der Waals surface area contributed by atoms with Crippen LogP contribution in [0, 0.1) is 5.92 Å². The molecular weight excluding hydrogens is 230 g/mol. The number of rotatable bonds is 3. The van der Waals surface area contributed by atoms with E-state index in [1.54, 1.807) is 23.1 Å². The molecule has 0 saturated heterocycles. The topological polar surface area (TPSA) is 38.8 Å². The zero-order chi connectivity index (χ0) is 13.1. The summed E-state index contributed by atoms with van der Waals surface area (Å²) in [7, 11) is 1.82. The van der Waals surface area contributed by atoms with Crippen LogP contribution in [0.4, 0.5) is 0 Å². The van der Waals surface area contributed by atoms with Crippen molar-refractivity contribution >= 4 is 5.91 Å². The number of carbonyl (C=O) groups excluding carboxylic acids is 1. The van der Waals surface area contributed by atoms with Gasteiger partial charge in [0.2, 0.25) is 0 Å². The molecule has 1 aromatic rings. The molecule has 4 heteroatoms. The third-order valence-electron chi connectivity index (χ3n) is 2.77. The van der Waals surface area contributed by atoms with Gasteiger partial charge >= 0.3 is 0 Å². The van der Waals surface area contributed by atoms with Gasteiger partial charge in [-0.15, -0.1) is 0 Å². The number of hydrogen-bond donors (Lipinski definition) is 0. The van der Waals surface area contributed by atoms with Crippen LogP contribution >= 0.6 is 0 Å². The molecule has 1 aliphatic rings. The summed E-state index contributed by atoms with van der Waals surface area (Å²) in [6.07, 6.45) is 0. The van der Waals surface area contributed by atoms with Gasteiger partial charge in [-0.3, -0.25) is 4.79 Å². The number of fused-ring (bicyclic) bond motifs is 1. The minimum atomic E-state index is 0.0145. The monoisotopic (exact) mass is 249 g/mol. The summed E-state index contributed by atoms with van der Waals surface area (Å²) in [6, 6.07) is 5.34. The number of ether oxygens (including phenoxy) is 2. The molecule has 1 amide bonds. The lowest BCUT2D eigenvalue weighted by Gasteiger charge is -2.22. The molecule has 0 radical (unpaired) electrons. The highest BCUT2D eigenvalue weighted by molar-refractivity contribution is 5.94. The zero-order valence-corrected chi connectivity index (χ0v) is 11.1. The van der Waals surface area contributed by atoms with Crippen LogP contribution in [0.3, 0.4) is 0 Å². The van der Waals surface area contributed by atoms with Crippen molar-refractivity contribution in [3.05, 3.63) is 23.8 Å². The summed E-state index contributed by atoms with van der Waals surface area (Å²) in [4.78, 5) is 13.9. The van der Waals surface area contributed by atoms with Crippen LogP contribution in [0.1, 0.15) is 24.2 Å². The molecule has 0 fully saturated rings. The molecule has 0 aliphatic carbocycles. The lowest BCUT2D eigenvalue weighted by molar-refractivity contribution is 0.0778. The van der Waals surface area contributed by atoms with E-state index in [0.717, 1.165) is 6.54 Å². The van der Waals surface area contributed by atoms with Gasteiger partial charge in [0.05, 0.1) is 0 Å². The van der Waals surface area contributed by atoms with Crippen molar-refractivity contribution in [2.75, 3.05) is 26.8 Å². The van der Waals surface area contributed by atoms with E-state index in [9.17, 15) is 4.79 Å². The molecule has 1 aromatic carbocycles. The Balaban J connectivity index is 2.15. The third kappa shape index (κ3) is 2.75. The quantitative estimate of drug-likeness (QED) is 0.824. The van der Waals surface area contributed by atoms with Crippen molar-refractivity contribution < 1.29 is 14.3 Å². The Kier molecular flexibility index (Phi) is 3.75. The highest BCUT2D eigenvalue weighted by atomic mass is 16.6. The van der Waals surface area contributed by atoms with Crippen molar-refractivity contribution in [3.8, 4) is 11.5 Å². The van der Waals surface area contributed by atoms with Crippen molar-refractivity contribution in [2.45, 2.75) is 13.8 Å². The lowest BCUT2D eigenvalue weighted by Crippen LogP contribution is -2.30. The van der Waals surface area contributed by atoms with Gasteiger partial charge in [0.25, 0.3) is 5.91 Å². The molecule has 0 N–H and O–H groups in total. The Labute approximate surface area is 107 Å². The van der Waals surface area contributed by atoms with E-state index >= 15 is 0 Å². The van der Waals surface area contributed by atoms with Crippen LogP contribution in [-0.4, -0.2) is 37.6 Å². The number of amides is 1. The largest absolute Gasteiger partial charge is 0.486 e. The van der Waals surface area contributed by atoms with Gasteiger partial charge in [0.15, 0.2) is 11.5 Å². The fourth-order valence-electron chi connectivity index (χ4n) is 2.03. The Morgan fingerprint density at radius 3 is 2.61 bits per heavy atom. The van der Waals surface area contributed by atoms with Crippen molar-refractivity contribution in [1.29, 1.82) is 0 Å². The van der Waals surface area contributed by atoms with Crippen molar-refractivity contribution in [1.82, 2.24) is 4.90 Å². The van der Waals surface area contributed by atoms with Crippen molar-refractivity contribution in [3.63, 3.8) is 0 Å². The molecule has 0 unspecified atom stereocenters. The van der Waals surface area contributed by atoms with E-state index < -0.39 is 0 Å². The van der Waals surface area contributed by atoms with Crippen LogP contribution in [0.5, 0.6) is 11.5 Å². The summed E-state index contributed by atoms with van der Waals surface area (Å²) in [6.45, 7) is 6.02. The zero-order valence-electron chi connectivity index (χ0n) is 11.1. The predicted molar refractivity (Wildman–Crippen MR) is 69.2 cm³/mol. The Morgan fingerprint density at radius 1 is 1.28 bits per heavy atom. The van der Waals surface area contributed by atoms with Gasteiger partial charge in [-0.1, -0.05) is 13.8 Å². The van der Waals surface area contributed by atoms with Gasteiger partial charge in [-0.05, 0) is 24.1 Å². The average Bonchev–Trinajstić information content (AvgIpc) is 2.36. The van der Waals surface area contributed by atoms with E-state index in [1.807, 2.05) is 7.05 Å². The standard InChI is InChI=1S/C14H19NO3/c1-10(2)9-15(3)14(16)11-4-5-12-13(8-11)18-7-6-17-12/h4-5,8,10H,6-7,9H2,1-3H3. The fraction of sp³-hybridized carbons (Fsp3) is 0.500. The number of nitrogens with zero attached hydrogens (tertiary/aromatic N) is 1. The molecule has 18 heavy (non-hydrogen) atoms. The smallest absolute Gasteiger partial charge is 0.253 e. The first-order valence-corrected chi connectivity index (χ1v) is 6.23. The second-order valence-electron chi connectivity index (χ2n) is 4.94. The van der Waals surface area contributed by atoms with E-state index in [0.29, 0.717) is 36.2 Å². The molecule has 0 bridgehead atoms. The number of hydrogen-bond acceptors (Lipinski definition) is 3. The molecule has 2 rings (SSSR count). The van der Waals surface area contributed by atoms with Crippen LogP contribution in [0.25, 0.3) is 0 Å². The first kappa shape index (κ1) is 12.7. The predicted octanol–water partition coefficient (Wildman–Crippen LogP) is 2.19. The average molecular weight is 249 g/mol. The first-order chi connectivity index (χ1) is 8.58. The molecule has 0 spiro atoms. The van der Waals surface area contributed by atoms with Gasteiger partial charge in [0, 0.05) is 19.2 Å². The molecule has 1 aliphatic heterocycles. The van der Waals surface area contributed by atoms with Gasteiger partial charge in [-0.25, -0.2) is 0 Å². The SMILES string of the molecule is CC(C)CN(C)C(=O)c1ccc2c(c1)OCCO2. The molecule has 4 nitrogen and oxygen atoms in total. The van der Waals surface area contributed by atoms with Crippen molar-refractivity contribution in [2.24, 2.45) is 5.92 Å². The van der Waals surface area contributed by atoms with Crippen LogP contribution in [-0.2, 0) is 0 Å². The van der Waals surface area contributed by atoms with Crippen LogP contribution in [0.2, 0.25) is 0 Å². The maximum Gasteiger partial charge on any atom is 0.253 e. The molecule has 1 heterocycles. The third-order valence-corrected chi connectivity index (χ3v) is 2.77. The second kappa shape index (κ2) is 5.29. The van der Waals surface area contributed by atoms with E-state index in [1.165, 1.54) is 0 Å². The highest BCUT2D eigenvalue weighted by Crippen LogP contribution is 2.31. The molecule has 0 atom stereocenters. The second-order valence-corrected chi connectivity index (χ2v) is 4.94. The minimum Gasteiger partial charge on any atom is -0.486 e. The highest BCUT2D eigenvalue weighted by Gasteiger charge is 2.17. The van der Waals surface area contributed by atoms with E-state index in [4.69, 9.17) is 9.47 Å². The molecule has 0 saturated carbocycles. The number of carbonyl (C=O) groups is 1. The molecule has 98 valence electrons. The molecule has 0 aromatic heterocycles. The molecular formula is C14H19NO3. The normalized spacial score (nSPS) is 13.6. The number of benzene rings is 1. The first-order valence-electron chi connectivity index (χ1n) is 6.23. The van der Waals surface area contributed by atoms with E-state index in [-0.39, 0.29) is 5.91 Å². The van der Waals surface area contributed by atoms with Crippen LogP contribution < -0.4 is 9.47 Å². The summed E-state index contributed by atoms with van der Waals surface area (Å²) >= 11 is 0. The maximum atomic E-state index is 12.2.